The number of nitrogens with zero attached hydrogens (tertiary/aromatic N) is 1. The van der Waals surface area contributed by atoms with Crippen molar-refractivity contribution in [1.82, 2.24) is 5.32 Å². The SMILES string of the molecule is COc1ccccc1C(=O)NCCC1C=c2c(C)ccc(C)c2=NC1=O. The van der Waals surface area contributed by atoms with Gasteiger partial charge in [0, 0.05) is 11.8 Å². The van der Waals surface area contributed by atoms with Crippen molar-refractivity contribution < 1.29 is 14.3 Å². The molecular weight excluding hydrogens is 328 g/mol. The number of carbonyl (C=O) groups excluding carboxylic acids is 2. The van der Waals surface area contributed by atoms with E-state index in [1.54, 1.807) is 18.2 Å². The van der Waals surface area contributed by atoms with Gasteiger partial charge in [-0.25, -0.2) is 4.99 Å². The van der Waals surface area contributed by atoms with E-state index in [0.29, 0.717) is 24.3 Å². The molecule has 2 aromatic carbocycles. The minimum Gasteiger partial charge on any atom is -0.496 e. The van der Waals surface area contributed by atoms with Gasteiger partial charge >= 0.3 is 0 Å². The molecule has 1 aliphatic rings. The number of fused-ring (bicyclic) bond motifs is 1. The molecule has 5 nitrogen and oxygen atoms in total. The number of carbonyl (C=O) groups is 2. The molecule has 1 aliphatic heterocycles. The Bertz CT molecular complexity index is 979. The highest BCUT2D eigenvalue weighted by Crippen LogP contribution is 2.17. The Labute approximate surface area is 152 Å². The Morgan fingerprint density at radius 2 is 1.88 bits per heavy atom. The molecule has 5 heteroatoms. The maximum atomic E-state index is 12.3. The lowest BCUT2D eigenvalue weighted by Crippen LogP contribution is -2.38. The second-order valence-electron chi connectivity index (χ2n) is 6.43. The smallest absolute Gasteiger partial charge is 0.255 e. The molecule has 1 atom stereocenters. The van der Waals surface area contributed by atoms with Crippen LogP contribution in [0.3, 0.4) is 0 Å². The number of hydrogen-bond acceptors (Lipinski definition) is 3. The number of para-hydroxylation sites is 1. The Morgan fingerprint density at radius 3 is 2.65 bits per heavy atom. The number of benzene rings is 2. The monoisotopic (exact) mass is 350 g/mol. The van der Waals surface area contributed by atoms with Crippen LogP contribution in [0.2, 0.25) is 0 Å². The number of ether oxygens (including phenoxy) is 1. The molecule has 0 aliphatic carbocycles. The van der Waals surface area contributed by atoms with Crippen molar-refractivity contribution in [3.63, 3.8) is 0 Å². The molecular formula is C21H22N2O3. The van der Waals surface area contributed by atoms with Gasteiger partial charge in [0.15, 0.2) is 0 Å². The van der Waals surface area contributed by atoms with E-state index in [2.05, 4.69) is 10.3 Å². The quantitative estimate of drug-likeness (QED) is 0.892. The highest BCUT2D eigenvalue weighted by molar-refractivity contribution is 5.97. The van der Waals surface area contributed by atoms with Gasteiger partial charge in [0.05, 0.1) is 23.9 Å². The third kappa shape index (κ3) is 3.52. The first kappa shape index (κ1) is 17.9. The first-order valence-corrected chi connectivity index (χ1v) is 8.63. The van der Waals surface area contributed by atoms with E-state index in [-0.39, 0.29) is 17.7 Å². The summed E-state index contributed by atoms with van der Waals surface area (Å²) in [5.41, 5.74) is 2.58. The van der Waals surface area contributed by atoms with Gasteiger partial charge in [-0.3, -0.25) is 9.59 Å². The molecule has 26 heavy (non-hydrogen) atoms. The Morgan fingerprint density at radius 1 is 1.15 bits per heavy atom. The lowest BCUT2D eigenvalue weighted by atomic mass is 9.97. The van der Waals surface area contributed by atoms with E-state index in [0.717, 1.165) is 21.7 Å². The summed E-state index contributed by atoms with van der Waals surface area (Å²) in [5, 5.41) is 4.65. The number of amides is 2. The second kappa shape index (κ2) is 7.52. The van der Waals surface area contributed by atoms with Crippen LogP contribution in [0.1, 0.15) is 27.9 Å². The van der Waals surface area contributed by atoms with E-state index in [1.165, 1.54) is 7.11 Å². The van der Waals surface area contributed by atoms with Crippen LogP contribution in [0.5, 0.6) is 5.75 Å². The topological polar surface area (TPSA) is 67.8 Å². The number of nitrogens with one attached hydrogen (secondary N) is 1. The Hall–Kier alpha value is -2.95. The van der Waals surface area contributed by atoms with E-state index in [9.17, 15) is 9.59 Å². The van der Waals surface area contributed by atoms with Crippen LogP contribution >= 0.6 is 0 Å². The summed E-state index contributed by atoms with van der Waals surface area (Å²) in [6.07, 6.45) is 2.48. The van der Waals surface area contributed by atoms with Gasteiger partial charge in [-0.2, -0.15) is 0 Å². The molecule has 0 bridgehead atoms. The van der Waals surface area contributed by atoms with Crippen LogP contribution in [0, 0.1) is 19.8 Å². The number of methoxy groups -OCH3 is 1. The van der Waals surface area contributed by atoms with Crippen LogP contribution in [0.25, 0.3) is 6.08 Å². The van der Waals surface area contributed by atoms with Gasteiger partial charge in [-0.1, -0.05) is 30.3 Å². The van der Waals surface area contributed by atoms with Crippen LogP contribution < -0.4 is 20.6 Å². The lowest BCUT2D eigenvalue weighted by Gasteiger charge is -2.15. The zero-order valence-electron chi connectivity index (χ0n) is 15.2. The molecule has 2 aromatic rings. The molecule has 0 radical (unpaired) electrons. The summed E-state index contributed by atoms with van der Waals surface area (Å²) in [4.78, 5) is 28.9. The van der Waals surface area contributed by atoms with Crippen molar-refractivity contribution >= 4 is 17.9 Å². The molecule has 2 amide bonds. The van der Waals surface area contributed by atoms with Gasteiger partial charge in [-0.15, -0.1) is 0 Å². The van der Waals surface area contributed by atoms with Crippen molar-refractivity contribution in [3.05, 3.63) is 63.7 Å². The predicted octanol–water partition coefficient (Wildman–Crippen LogP) is 1.69. The zero-order valence-corrected chi connectivity index (χ0v) is 15.2. The van der Waals surface area contributed by atoms with E-state index in [4.69, 9.17) is 4.74 Å². The van der Waals surface area contributed by atoms with E-state index in [1.807, 2.05) is 38.1 Å². The average Bonchev–Trinajstić information content (AvgIpc) is 2.65. The number of aryl methyl sites for hydroxylation is 2. The minimum atomic E-state index is -0.319. The predicted molar refractivity (Wildman–Crippen MR) is 99.6 cm³/mol. The van der Waals surface area contributed by atoms with Crippen molar-refractivity contribution in [1.29, 1.82) is 0 Å². The molecule has 0 spiro atoms. The zero-order chi connectivity index (χ0) is 18.7. The normalized spacial score (nSPS) is 15.5. The van der Waals surface area contributed by atoms with Crippen molar-refractivity contribution in [2.24, 2.45) is 10.9 Å². The van der Waals surface area contributed by atoms with Gasteiger partial charge in [0.25, 0.3) is 11.8 Å². The highest BCUT2D eigenvalue weighted by Gasteiger charge is 2.20. The summed E-state index contributed by atoms with van der Waals surface area (Å²) >= 11 is 0. The molecule has 1 N–H and O–H groups in total. The molecule has 0 fully saturated rings. The standard InChI is InChI=1S/C21H22N2O3/c1-13-8-9-14(2)19-17(13)12-15(20(24)23-19)10-11-22-21(25)16-6-4-5-7-18(16)26-3/h4-9,12,15H,10-11H2,1-3H3,(H,22,25). The molecule has 0 aromatic heterocycles. The largest absolute Gasteiger partial charge is 0.496 e. The molecule has 0 saturated carbocycles. The van der Waals surface area contributed by atoms with Crippen LogP contribution in [-0.4, -0.2) is 25.5 Å². The lowest BCUT2D eigenvalue weighted by molar-refractivity contribution is -0.120. The summed E-state index contributed by atoms with van der Waals surface area (Å²) < 4.78 is 5.21. The average molecular weight is 350 g/mol. The van der Waals surface area contributed by atoms with Gasteiger partial charge < -0.3 is 10.1 Å². The first-order valence-electron chi connectivity index (χ1n) is 8.63. The fraction of sp³-hybridized carbons (Fsp3) is 0.286. The summed E-state index contributed by atoms with van der Waals surface area (Å²) in [6.45, 7) is 4.36. The molecule has 3 rings (SSSR count). The van der Waals surface area contributed by atoms with Crippen LogP contribution in [0.15, 0.2) is 41.4 Å². The van der Waals surface area contributed by atoms with Crippen LogP contribution in [0.4, 0.5) is 0 Å². The summed E-state index contributed by atoms with van der Waals surface area (Å²) in [5.74, 6) is -0.158. The van der Waals surface area contributed by atoms with E-state index < -0.39 is 0 Å². The van der Waals surface area contributed by atoms with Crippen molar-refractivity contribution in [2.75, 3.05) is 13.7 Å². The first-order chi connectivity index (χ1) is 12.5. The van der Waals surface area contributed by atoms with Gasteiger partial charge in [0.1, 0.15) is 5.75 Å². The number of hydrogen-bond donors (Lipinski definition) is 1. The Balaban J connectivity index is 1.71. The van der Waals surface area contributed by atoms with Crippen molar-refractivity contribution in [2.45, 2.75) is 20.3 Å². The summed E-state index contributed by atoms with van der Waals surface area (Å²) in [6, 6.07) is 11.1. The molecule has 1 unspecified atom stereocenters. The maximum Gasteiger partial charge on any atom is 0.255 e. The van der Waals surface area contributed by atoms with Crippen molar-refractivity contribution in [3.8, 4) is 5.75 Å². The second-order valence-corrected chi connectivity index (χ2v) is 6.43. The van der Waals surface area contributed by atoms with E-state index >= 15 is 0 Å². The third-order valence-corrected chi connectivity index (χ3v) is 4.64. The fourth-order valence-corrected chi connectivity index (χ4v) is 3.12. The van der Waals surface area contributed by atoms with Gasteiger partial charge in [0.2, 0.25) is 0 Å². The fourth-order valence-electron chi connectivity index (χ4n) is 3.12. The minimum absolute atomic E-state index is 0.155. The Kier molecular flexibility index (Phi) is 5.16. The molecule has 1 heterocycles. The maximum absolute atomic E-state index is 12.3. The highest BCUT2D eigenvalue weighted by atomic mass is 16.5. The third-order valence-electron chi connectivity index (χ3n) is 4.64. The van der Waals surface area contributed by atoms with Gasteiger partial charge in [-0.05, 0) is 43.5 Å². The van der Waals surface area contributed by atoms with Crippen LogP contribution in [-0.2, 0) is 4.79 Å². The number of rotatable bonds is 5. The molecule has 0 saturated heterocycles. The summed E-state index contributed by atoms with van der Waals surface area (Å²) in [7, 11) is 1.53. The molecule has 134 valence electrons.